The number of hydrogen-bond donors (Lipinski definition) is 1. The monoisotopic (exact) mass is 262 g/mol. The molecule has 3 nitrogen and oxygen atoms in total. The fourth-order valence-electron chi connectivity index (χ4n) is 2.87. The third kappa shape index (κ3) is 3.21. The number of methoxy groups -OCH3 is 1. The number of ether oxygens (including phenoxy) is 1. The fraction of sp³-hybridized carbons (Fsp3) is 0.625. The van der Waals surface area contributed by atoms with E-state index in [1.165, 1.54) is 24.1 Å². The summed E-state index contributed by atoms with van der Waals surface area (Å²) in [5.41, 5.74) is 2.52. The zero-order chi connectivity index (χ0) is 13.8. The number of rotatable bonds is 4. The summed E-state index contributed by atoms with van der Waals surface area (Å²) in [6.45, 7) is 8.81. The quantitative estimate of drug-likeness (QED) is 0.903. The van der Waals surface area contributed by atoms with E-state index >= 15 is 0 Å². The number of hydrogen-bond acceptors (Lipinski definition) is 3. The molecular formula is C16H26N2O. The highest BCUT2D eigenvalue weighted by atomic mass is 16.5. The van der Waals surface area contributed by atoms with Crippen LogP contribution in [0.5, 0.6) is 5.75 Å². The third-order valence-corrected chi connectivity index (χ3v) is 4.00. The first kappa shape index (κ1) is 14.2. The zero-order valence-corrected chi connectivity index (χ0v) is 12.6. The predicted molar refractivity (Wildman–Crippen MR) is 81.2 cm³/mol. The van der Waals surface area contributed by atoms with Crippen molar-refractivity contribution in [2.45, 2.75) is 45.7 Å². The molecule has 19 heavy (non-hydrogen) atoms. The second-order valence-electron chi connectivity index (χ2n) is 5.55. The van der Waals surface area contributed by atoms with Crippen molar-refractivity contribution < 1.29 is 4.74 Å². The minimum Gasteiger partial charge on any atom is -0.496 e. The zero-order valence-electron chi connectivity index (χ0n) is 12.6. The Kier molecular flexibility index (Phi) is 4.70. The van der Waals surface area contributed by atoms with Crippen LogP contribution in [0.4, 0.5) is 5.69 Å². The summed E-state index contributed by atoms with van der Waals surface area (Å²) in [7, 11) is 1.73. The van der Waals surface area contributed by atoms with Crippen molar-refractivity contribution in [2.75, 3.05) is 25.1 Å². The van der Waals surface area contributed by atoms with Gasteiger partial charge in [-0.25, -0.2) is 0 Å². The molecule has 1 aromatic carbocycles. The average Bonchev–Trinajstić information content (AvgIpc) is 2.41. The van der Waals surface area contributed by atoms with Crippen molar-refractivity contribution >= 4 is 5.69 Å². The van der Waals surface area contributed by atoms with E-state index < -0.39 is 0 Å². The second-order valence-corrected chi connectivity index (χ2v) is 5.55. The molecule has 1 aliphatic heterocycles. The molecule has 1 aliphatic rings. The van der Waals surface area contributed by atoms with Crippen LogP contribution in [0.3, 0.4) is 0 Å². The van der Waals surface area contributed by atoms with Crippen LogP contribution in [0.1, 0.15) is 32.3 Å². The van der Waals surface area contributed by atoms with E-state index in [0.717, 1.165) is 18.8 Å². The van der Waals surface area contributed by atoms with Crippen LogP contribution in [0.2, 0.25) is 0 Å². The van der Waals surface area contributed by atoms with E-state index in [2.05, 4.69) is 49.2 Å². The van der Waals surface area contributed by atoms with Gasteiger partial charge >= 0.3 is 0 Å². The van der Waals surface area contributed by atoms with Gasteiger partial charge in [0.15, 0.2) is 0 Å². The molecule has 0 aromatic heterocycles. The van der Waals surface area contributed by atoms with Crippen molar-refractivity contribution in [1.82, 2.24) is 5.32 Å². The molecule has 0 bridgehead atoms. The molecule has 1 N–H and O–H groups in total. The maximum atomic E-state index is 5.34. The Labute approximate surface area is 116 Å². The number of piperazine rings is 1. The van der Waals surface area contributed by atoms with Gasteiger partial charge in [-0.2, -0.15) is 0 Å². The van der Waals surface area contributed by atoms with Gasteiger partial charge in [0.1, 0.15) is 5.75 Å². The van der Waals surface area contributed by atoms with E-state index in [-0.39, 0.29) is 0 Å². The van der Waals surface area contributed by atoms with Gasteiger partial charge < -0.3 is 15.0 Å². The molecule has 2 rings (SSSR count). The molecule has 0 amide bonds. The molecule has 106 valence electrons. The predicted octanol–water partition coefficient (Wildman–Crippen LogP) is 2.97. The van der Waals surface area contributed by atoms with E-state index in [0.29, 0.717) is 12.1 Å². The van der Waals surface area contributed by atoms with Crippen LogP contribution in [-0.4, -0.2) is 32.3 Å². The molecule has 2 unspecified atom stereocenters. The Hall–Kier alpha value is -1.22. The molecule has 1 aromatic rings. The molecule has 0 saturated carbocycles. The molecule has 2 atom stereocenters. The third-order valence-electron chi connectivity index (χ3n) is 4.00. The molecular weight excluding hydrogens is 236 g/mol. The first-order valence-corrected chi connectivity index (χ1v) is 7.30. The van der Waals surface area contributed by atoms with E-state index in [1.807, 2.05) is 0 Å². The number of nitrogens with one attached hydrogen (secondary N) is 1. The Bertz CT molecular complexity index is 419. The molecule has 1 heterocycles. The number of anilines is 1. The summed E-state index contributed by atoms with van der Waals surface area (Å²) in [5, 5.41) is 3.64. The second kappa shape index (κ2) is 6.29. The van der Waals surface area contributed by atoms with Gasteiger partial charge in [0, 0.05) is 30.9 Å². The van der Waals surface area contributed by atoms with Crippen LogP contribution in [-0.2, 0) is 0 Å². The minimum atomic E-state index is 0.543. The van der Waals surface area contributed by atoms with E-state index in [9.17, 15) is 0 Å². The molecule has 0 aliphatic carbocycles. The SMILES string of the molecule is CCCC1CN(c2ccc(OC)c(C)c2)C(C)CN1. The first-order chi connectivity index (χ1) is 9.15. The molecule has 1 fully saturated rings. The summed E-state index contributed by atoms with van der Waals surface area (Å²) in [6, 6.07) is 7.65. The Morgan fingerprint density at radius 2 is 2.21 bits per heavy atom. The van der Waals surface area contributed by atoms with E-state index in [4.69, 9.17) is 4.74 Å². The molecule has 0 spiro atoms. The highest BCUT2D eigenvalue weighted by molar-refractivity contribution is 5.54. The van der Waals surface area contributed by atoms with Gasteiger partial charge in [0.2, 0.25) is 0 Å². The average molecular weight is 262 g/mol. The lowest BCUT2D eigenvalue weighted by molar-refractivity contribution is 0.385. The topological polar surface area (TPSA) is 24.5 Å². The number of nitrogens with zero attached hydrogens (tertiary/aromatic N) is 1. The molecule has 0 radical (unpaired) electrons. The lowest BCUT2D eigenvalue weighted by Crippen LogP contribution is -2.55. The highest BCUT2D eigenvalue weighted by Gasteiger charge is 2.24. The fourth-order valence-corrected chi connectivity index (χ4v) is 2.87. The summed E-state index contributed by atoms with van der Waals surface area (Å²) in [5.74, 6) is 0.969. The van der Waals surface area contributed by atoms with Crippen LogP contribution in [0.25, 0.3) is 0 Å². The van der Waals surface area contributed by atoms with Gasteiger partial charge in [-0.05, 0) is 44.0 Å². The normalized spacial score (nSPS) is 23.5. The van der Waals surface area contributed by atoms with Crippen molar-refractivity contribution in [3.8, 4) is 5.75 Å². The van der Waals surface area contributed by atoms with Crippen LogP contribution < -0.4 is 15.0 Å². The van der Waals surface area contributed by atoms with Gasteiger partial charge in [-0.1, -0.05) is 13.3 Å². The van der Waals surface area contributed by atoms with Crippen LogP contribution in [0, 0.1) is 6.92 Å². The lowest BCUT2D eigenvalue weighted by Gasteiger charge is -2.40. The minimum absolute atomic E-state index is 0.543. The van der Waals surface area contributed by atoms with Crippen LogP contribution in [0.15, 0.2) is 18.2 Å². The Morgan fingerprint density at radius 3 is 2.84 bits per heavy atom. The number of benzene rings is 1. The maximum Gasteiger partial charge on any atom is 0.121 e. The van der Waals surface area contributed by atoms with Crippen molar-refractivity contribution in [3.63, 3.8) is 0 Å². The van der Waals surface area contributed by atoms with Gasteiger partial charge in [-0.3, -0.25) is 0 Å². The van der Waals surface area contributed by atoms with Crippen LogP contribution >= 0.6 is 0 Å². The van der Waals surface area contributed by atoms with Gasteiger partial charge in [-0.15, -0.1) is 0 Å². The first-order valence-electron chi connectivity index (χ1n) is 7.30. The summed E-state index contributed by atoms with van der Waals surface area (Å²) in [4.78, 5) is 2.52. The van der Waals surface area contributed by atoms with Crippen molar-refractivity contribution in [1.29, 1.82) is 0 Å². The van der Waals surface area contributed by atoms with Crippen molar-refractivity contribution in [3.05, 3.63) is 23.8 Å². The summed E-state index contributed by atoms with van der Waals surface area (Å²) < 4.78 is 5.34. The van der Waals surface area contributed by atoms with Gasteiger partial charge in [0.05, 0.1) is 7.11 Å². The standard InChI is InChI=1S/C16H26N2O/c1-5-6-14-11-18(13(3)10-17-14)15-7-8-16(19-4)12(2)9-15/h7-9,13-14,17H,5-6,10-11H2,1-4H3. The smallest absolute Gasteiger partial charge is 0.121 e. The van der Waals surface area contributed by atoms with Crippen molar-refractivity contribution in [2.24, 2.45) is 0 Å². The number of aryl methyl sites for hydroxylation is 1. The largest absolute Gasteiger partial charge is 0.496 e. The van der Waals surface area contributed by atoms with Gasteiger partial charge in [0.25, 0.3) is 0 Å². The highest BCUT2D eigenvalue weighted by Crippen LogP contribution is 2.27. The van der Waals surface area contributed by atoms with E-state index in [1.54, 1.807) is 7.11 Å². The summed E-state index contributed by atoms with van der Waals surface area (Å²) >= 11 is 0. The Morgan fingerprint density at radius 1 is 1.42 bits per heavy atom. The Balaban J connectivity index is 2.16. The molecule has 1 saturated heterocycles. The molecule has 3 heteroatoms. The maximum absolute atomic E-state index is 5.34. The summed E-state index contributed by atoms with van der Waals surface area (Å²) in [6.07, 6.45) is 2.49. The lowest BCUT2D eigenvalue weighted by atomic mass is 10.0.